The summed E-state index contributed by atoms with van der Waals surface area (Å²) in [5.41, 5.74) is 3.82. The van der Waals surface area contributed by atoms with Crippen molar-refractivity contribution < 1.29 is 9.53 Å². The number of ether oxygens (including phenoxy) is 1. The number of thioether (sulfide) groups is 1. The maximum absolute atomic E-state index is 13.6. The second-order valence-corrected chi connectivity index (χ2v) is 8.22. The zero-order chi connectivity index (χ0) is 21.6. The second kappa shape index (κ2) is 9.86. The van der Waals surface area contributed by atoms with Crippen molar-refractivity contribution in [3.05, 3.63) is 107 Å². The summed E-state index contributed by atoms with van der Waals surface area (Å²) in [6, 6.07) is 28.0. The molecule has 0 spiro atoms. The zero-order valence-corrected chi connectivity index (χ0v) is 18.6. The molecular formula is C26H26N2O2S. The number of benzene rings is 3. The lowest BCUT2D eigenvalue weighted by Crippen LogP contribution is -2.44. The van der Waals surface area contributed by atoms with Gasteiger partial charge in [0.25, 0.3) is 0 Å². The van der Waals surface area contributed by atoms with E-state index in [9.17, 15) is 4.79 Å². The summed E-state index contributed by atoms with van der Waals surface area (Å²) in [4.78, 5) is 18.1. The largest absolute Gasteiger partial charge is 0.497 e. The molecule has 3 aromatic carbocycles. The molecule has 0 N–H and O–H groups in total. The molecule has 4 rings (SSSR count). The van der Waals surface area contributed by atoms with Crippen LogP contribution in [-0.4, -0.2) is 37.3 Å². The monoisotopic (exact) mass is 430 g/mol. The Morgan fingerprint density at radius 3 is 2.19 bits per heavy atom. The van der Waals surface area contributed by atoms with Gasteiger partial charge in [0.05, 0.1) is 18.8 Å². The number of Topliss-reactive ketones (excluding diaryl/α,β-unsaturated/α-hetero) is 1. The third kappa shape index (κ3) is 4.84. The van der Waals surface area contributed by atoms with E-state index in [0.29, 0.717) is 12.1 Å². The molecule has 0 unspecified atom stereocenters. The van der Waals surface area contributed by atoms with Crippen LogP contribution in [0.4, 0.5) is 5.69 Å². The maximum Gasteiger partial charge on any atom is 0.192 e. The van der Waals surface area contributed by atoms with E-state index in [0.717, 1.165) is 35.3 Å². The van der Waals surface area contributed by atoms with Gasteiger partial charge in [0.1, 0.15) is 5.75 Å². The van der Waals surface area contributed by atoms with Gasteiger partial charge in [-0.3, -0.25) is 9.69 Å². The number of methoxy groups -OCH3 is 1. The number of ketones is 1. The highest BCUT2D eigenvalue weighted by molar-refractivity contribution is 8.02. The van der Waals surface area contributed by atoms with Crippen LogP contribution < -0.4 is 9.64 Å². The molecule has 0 saturated heterocycles. The Labute approximate surface area is 188 Å². The van der Waals surface area contributed by atoms with Crippen LogP contribution in [-0.2, 0) is 6.54 Å². The summed E-state index contributed by atoms with van der Waals surface area (Å²) in [6.07, 6.45) is 2.04. The number of carbonyl (C=O) groups is 1. The van der Waals surface area contributed by atoms with Gasteiger partial charge in [-0.15, -0.1) is 11.8 Å². The highest BCUT2D eigenvalue weighted by Crippen LogP contribution is 2.34. The van der Waals surface area contributed by atoms with Crippen molar-refractivity contribution >= 4 is 23.2 Å². The first kappa shape index (κ1) is 21.2. The predicted octanol–water partition coefficient (Wildman–Crippen LogP) is 5.43. The summed E-state index contributed by atoms with van der Waals surface area (Å²) >= 11 is 1.63. The molecule has 4 nitrogen and oxygen atoms in total. The molecule has 1 aliphatic heterocycles. The van der Waals surface area contributed by atoms with E-state index < -0.39 is 0 Å². The van der Waals surface area contributed by atoms with Crippen LogP contribution in [0.15, 0.2) is 95.5 Å². The van der Waals surface area contributed by atoms with Crippen molar-refractivity contribution in [2.45, 2.75) is 6.54 Å². The highest BCUT2D eigenvalue weighted by atomic mass is 32.2. The smallest absolute Gasteiger partial charge is 0.192 e. The molecule has 0 atom stereocenters. The second-order valence-electron chi connectivity index (χ2n) is 7.42. The fourth-order valence-electron chi connectivity index (χ4n) is 3.84. The number of hydrogen-bond donors (Lipinski definition) is 0. The fourth-order valence-corrected chi connectivity index (χ4v) is 4.63. The Kier molecular flexibility index (Phi) is 6.75. The van der Waals surface area contributed by atoms with Gasteiger partial charge in [-0.05, 0) is 48.2 Å². The van der Waals surface area contributed by atoms with E-state index in [1.54, 1.807) is 18.9 Å². The molecule has 0 bridgehead atoms. The molecular weight excluding hydrogens is 404 g/mol. The average Bonchev–Trinajstić information content (AvgIpc) is 2.84. The SMILES string of the molecule is COc1ccc(C(=O)C2=C(SC)N(c3ccccc3)CN(Cc3ccccc3)C2)cc1. The molecule has 0 amide bonds. The topological polar surface area (TPSA) is 32.8 Å². The highest BCUT2D eigenvalue weighted by Gasteiger charge is 2.30. The Morgan fingerprint density at radius 2 is 1.58 bits per heavy atom. The standard InChI is InChI=1S/C26H26N2O2S/c1-30-23-15-13-21(14-16-23)25(29)24-18-27(17-20-9-5-3-6-10-20)19-28(26(24)31-2)22-11-7-4-8-12-22/h3-16H,17-19H2,1-2H3. The van der Waals surface area contributed by atoms with E-state index in [2.05, 4.69) is 46.2 Å². The number of anilines is 1. The first-order valence-electron chi connectivity index (χ1n) is 10.2. The minimum Gasteiger partial charge on any atom is -0.497 e. The van der Waals surface area contributed by atoms with Gasteiger partial charge >= 0.3 is 0 Å². The van der Waals surface area contributed by atoms with E-state index in [-0.39, 0.29) is 5.78 Å². The van der Waals surface area contributed by atoms with Gasteiger partial charge in [-0.1, -0.05) is 48.5 Å². The molecule has 158 valence electrons. The first-order valence-corrected chi connectivity index (χ1v) is 11.5. The molecule has 0 radical (unpaired) electrons. The van der Waals surface area contributed by atoms with E-state index in [1.807, 2.05) is 54.8 Å². The Balaban J connectivity index is 1.72. The molecule has 0 aromatic heterocycles. The van der Waals surface area contributed by atoms with Crippen molar-refractivity contribution in [2.24, 2.45) is 0 Å². The lowest BCUT2D eigenvalue weighted by molar-refractivity contribution is 0.101. The molecule has 0 saturated carbocycles. The minimum absolute atomic E-state index is 0.0608. The summed E-state index contributed by atoms with van der Waals surface area (Å²) < 4.78 is 5.25. The summed E-state index contributed by atoms with van der Waals surface area (Å²) in [6.45, 7) is 2.12. The third-order valence-electron chi connectivity index (χ3n) is 5.36. The number of hydrogen-bond acceptors (Lipinski definition) is 5. The summed E-state index contributed by atoms with van der Waals surface area (Å²) in [7, 11) is 1.63. The van der Waals surface area contributed by atoms with Crippen molar-refractivity contribution in [3.63, 3.8) is 0 Å². The molecule has 0 fully saturated rings. The number of rotatable bonds is 7. The van der Waals surface area contributed by atoms with Crippen molar-refractivity contribution in [3.8, 4) is 5.75 Å². The molecule has 31 heavy (non-hydrogen) atoms. The molecule has 5 heteroatoms. The Bertz CT molecular complexity index is 1050. The van der Waals surface area contributed by atoms with Crippen molar-refractivity contribution in [1.29, 1.82) is 0 Å². The zero-order valence-electron chi connectivity index (χ0n) is 17.8. The lowest BCUT2D eigenvalue weighted by Gasteiger charge is -2.39. The Hall–Kier alpha value is -3.02. The van der Waals surface area contributed by atoms with Gasteiger partial charge in [0.2, 0.25) is 0 Å². The predicted molar refractivity (Wildman–Crippen MR) is 129 cm³/mol. The van der Waals surface area contributed by atoms with E-state index >= 15 is 0 Å². The van der Waals surface area contributed by atoms with Crippen LogP contribution >= 0.6 is 11.8 Å². The minimum atomic E-state index is 0.0608. The fraction of sp³-hybridized carbons (Fsp3) is 0.192. The average molecular weight is 431 g/mol. The van der Waals surface area contributed by atoms with Crippen LogP contribution in [0.1, 0.15) is 15.9 Å². The van der Waals surface area contributed by atoms with Crippen LogP contribution in [0.2, 0.25) is 0 Å². The van der Waals surface area contributed by atoms with Gasteiger partial charge in [-0.25, -0.2) is 0 Å². The number of para-hydroxylation sites is 1. The first-order chi connectivity index (χ1) is 15.2. The third-order valence-corrected chi connectivity index (χ3v) is 6.22. The molecule has 1 heterocycles. The van der Waals surface area contributed by atoms with E-state index in [1.165, 1.54) is 5.56 Å². The van der Waals surface area contributed by atoms with Crippen LogP contribution in [0.3, 0.4) is 0 Å². The van der Waals surface area contributed by atoms with Gasteiger partial charge in [0, 0.05) is 29.9 Å². The lowest BCUT2D eigenvalue weighted by atomic mass is 10.0. The summed E-state index contributed by atoms with van der Waals surface area (Å²) in [5.74, 6) is 0.807. The summed E-state index contributed by atoms with van der Waals surface area (Å²) in [5, 5.41) is 1.01. The van der Waals surface area contributed by atoms with Gasteiger partial charge in [-0.2, -0.15) is 0 Å². The molecule has 3 aromatic rings. The number of nitrogens with zero attached hydrogens (tertiary/aromatic N) is 2. The quantitative estimate of drug-likeness (QED) is 0.467. The van der Waals surface area contributed by atoms with Crippen LogP contribution in [0.5, 0.6) is 5.75 Å². The molecule has 1 aliphatic rings. The van der Waals surface area contributed by atoms with Gasteiger partial charge < -0.3 is 9.64 Å². The van der Waals surface area contributed by atoms with E-state index in [4.69, 9.17) is 4.74 Å². The Morgan fingerprint density at radius 1 is 0.935 bits per heavy atom. The molecule has 0 aliphatic carbocycles. The van der Waals surface area contributed by atoms with Crippen molar-refractivity contribution in [2.75, 3.05) is 31.5 Å². The van der Waals surface area contributed by atoms with Gasteiger partial charge in [0.15, 0.2) is 5.78 Å². The normalized spacial score (nSPS) is 14.6. The maximum atomic E-state index is 13.6. The van der Waals surface area contributed by atoms with Crippen LogP contribution in [0, 0.1) is 0 Å². The van der Waals surface area contributed by atoms with Crippen LogP contribution in [0.25, 0.3) is 0 Å². The van der Waals surface area contributed by atoms with Crippen molar-refractivity contribution in [1.82, 2.24) is 4.90 Å². The number of carbonyl (C=O) groups excluding carboxylic acids is 1.